The van der Waals surface area contributed by atoms with Crippen LogP contribution in [0.15, 0.2) is 11.6 Å². The van der Waals surface area contributed by atoms with Gasteiger partial charge in [0.2, 0.25) is 0 Å². The van der Waals surface area contributed by atoms with Crippen LogP contribution in [0.25, 0.3) is 0 Å². The molecule has 0 rings (SSSR count). The fraction of sp³-hybridized carbons (Fsp3) is 0.714. The van der Waals surface area contributed by atoms with Gasteiger partial charge in [0.1, 0.15) is 0 Å². The highest BCUT2D eigenvalue weighted by Crippen LogP contribution is 2.00. The molecule has 0 radical (unpaired) electrons. The quantitative estimate of drug-likeness (QED) is 0.420. The Labute approximate surface area is 69.8 Å². The van der Waals surface area contributed by atoms with Crippen LogP contribution in [0.5, 0.6) is 0 Å². The lowest BCUT2D eigenvalue weighted by molar-refractivity contribution is 0.190. The van der Waals surface area contributed by atoms with Gasteiger partial charge in [0.05, 0.1) is 12.7 Å². The molecule has 0 bridgehead atoms. The van der Waals surface area contributed by atoms with Crippen LogP contribution in [0, 0.1) is 0 Å². The maximum Gasteiger partial charge on any atom is 0.0877 e. The van der Waals surface area contributed by atoms with Crippen molar-refractivity contribution in [3.8, 4) is 0 Å². The van der Waals surface area contributed by atoms with Crippen molar-refractivity contribution in [3.63, 3.8) is 0 Å². The summed E-state index contributed by atoms with van der Waals surface area (Å²) in [5.41, 5.74) is 0.782. The van der Waals surface area contributed by atoms with E-state index in [0.29, 0.717) is 0 Å². The molecule has 0 heterocycles. The first-order valence-electron chi connectivity index (χ1n) is 3.54. The van der Waals surface area contributed by atoms with Crippen molar-refractivity contribution in [3.05, 3.63) is 11.6 Å². The number of hydrogen-bond donors (Lipinski definition) is 3. The van der Waals surface area contributed by atoms with Gasteiger partial charge in [-0.25, -0.2) is 0 Å². The van der Waals surface area contributed by atoms with Crippen molar-refractivity contribution in [2.75, 3.05) is 6.61 Å². The molecule has 0 amide bonds. The van der Waals surface area contributed by atoms with E-state index in [9.17, 15) is 5.11 Å². The van der Waals surface area contributed by atoms with Crippen LogP contribution in [0.1, 0.15) is 13.8 Å². The van der Waals surface area contributed by atoms with Gasteiger partial charge in [0.25, 0.3) is 0 Å². The van der Waals surface area contributed by atoms with Crippen LogP contribution in [0.3, 0.4) is 0 Å². The summed E-state index contributed by atoms with van der Waals surface area (Å²) in [6.45, 7) is 3.64. The first-order valence-corrected chi connectivity index (χ1v) is 4.12. The van der Waals surface area contributed by atoms with Gasteiger partial charge in [-0.05, 0) is 19.4 Å². The smallest absolute Gasteiger partial charge is 0.0877 e. The third-order valence-corrected chi connectivity index (χ3v) is 2.01. The van der Waals surface area contributed by atoms with E-state index < -0.39 is 6.10 Å². The predicted octanol–water partition coefficient (Wildman–Crippen LogP) is 0.0541. The first kappa shape index (κ1) is 11.1. The van der Waals surface area contributed by atoms with Crippen LogP contribution in [-0.2, 0) is 0 Å². The molecule has 0 aromatic heterocycles. The minimum atomic E-state index is -0.542. The molecule has 11 heavy (non-hydrogen) atoms. The second-order valence-electron chi connectivity index (χ2n) is 2.62. The number of aliphatic hydroxyl groups excluding tert-OH is 2. The van der Waals surface area contributed by atoms with E-state index in [-0.39, 0.29) is 12.6 Å². The van der Waals surface area contributed by atoms with Crippen LogP contribution >= 0.6 is 9.39 Å². The van der Waals surface area contributed by atoms with Crippen molar-refractivity contribution in [2.24, 2.45) is 0 Å². The van der Waals surface area contributed by atoms with Gasteiger partial charge >= 0.3 is 0 Å². The summed E-state index contributed by atoms with van der Waals surface area (Å²) in [5.74, 6) is 0. The Morgan fingerprint density at radius 2 is 2.27 bits per heavy atom. The summed E-state index contributed by atoms with van der Waals surface area (Å²) in [6.07, 6.45) is 1.10. The summed E-state index contributed by atoms with van der Waals surface area (Å²) in [7, 11) is 2.34. The molecule has 0 fully saturated rings. The van der Waals surface area contributed by atoms with E-state index >= 15 is 0 Å². The molecule has 1 unspecified atom stereocenters. The summed E-state index contributed by atoms with van der Waals surface area (Å²) in [5, 5.41) is 20.8. The highest BCUT2D eigenvalue weighted by atomic mass is 31.0. The third kappa shape index (κ3) is 4.49. The lowest BCUT2D eigenvalue weighted by Crippen LogP contribution is -2.30. The Kier molecular flexibility index (Phi) is 5.69. The zero-order valence-electron chi connectivity index (χ0n) is 6.91. The second kappa shape index (κ2) is 5.67. The fourth-order valence-corrected chi connectivity index (χ4v) is 0.784. The third-order valence-electron chi connectivity index (χ3n) is 1.48. The van der Waals surface area contributed by atoms with Gasteiger partial charge in [-0.3, -0.25) is 5.09 Å². The van der Waals surface area contributed by atoms with Crippen molar-refractivity contribution in [1.29, 1.82) is 0 Å². The summed E-state index contributed by atoms with van der Waals surface area (Å²) >= 11 is 0. The van der Waals surface area contributed by atoms with E-state index in [0.717, 1.165) is 5.57 Å². The summed E-state index contributed by atoms with van der Waals surface area (Å²) < 4.78 is 0. The zero-order chi connectivity index (χ0) is 8.85. The largest absolute Gasteiger partial charge is 0.392 e. The molecule has 3 nitrogen and oxygen atoms in total. The number of aliphatic hydroxyl groups is 2. The van der Waals surface area contributed by atoms with E-state index in [1.54, 1.807) is 13.0 Å². The second-order valence-corrected chi connectivity index (χ2v) is 2.95. The Hall–Kier alpha value is 0.0500. The summed E-state index contributed by atoms with van der Waals surface area (Å²) in [6, 6.07) is -0.0125. The molecular weight excluding hydrogens is 161 g/mol. The Morgan fingerprint density at radius 1 is 1.73 bits per heavy atom. The zero-order valence-corrected chi connectivity index (χ0v) is 8.07. The number of hydrogen-bond acceptors (Lipinski definition) is 3. The molecule has 0 aliphatic rings. The molecule has 3 N–H and O–H groups in total. The molecule has 0 aromatic rings. The molecule has 0 aromatic carbocycles. The van der Waals surface area contributed by atoms with Crippen LogP contribution in [0.2, 0.25) is 0 Å². The van der Waals surface area contributed by atoms with Crippen LogP contribution in [0.4, 0.5) is 0 Å². The van der Waals surface area contributed by atoms with Gasteiger partial charge < -0.3 is 10.2 Å². The standard InChI is InChI=1S/C7H16NO2P/c1-5(4-9)3-7(10)6(2)8-11/h3,6-10H,4,11H2,1-2H3/b5-3+/t6-,7+/m0/s1. The fourth-order valence-electron chi connectivity index (χ4n) is 0.587. The maximum absolute atomic E-state index is 9.36. The normalized spacial score (nSPS) is 18.1. The SMILES string of the molecule is C/C(=C\[C@@H](O)[C@H](C)NP)CO. The van der Waals surface area contributed by atoms with E-state index in [4.69, 9.17) is 5.11 Å². The molecule has 0 saturated heterocycles. The van der Waals surface area contributed by atoms with Gasteiger partial charge in [0.15, 0.2) is 0 Å². The molecule has 3 atom stereocenters. The monoisotopic (exact) mass is 177 g/mol. The van der Waals surface area contributed by atoms with E-state index in [1.807, 2.05) is 6.92 Å². The average Bonchev–Trinajstić information content (AvgIpc) is 2.02. The van der Waals surface area contributed by atoms with Gasteiger partial charge in [-0.2, -0.15) is 0 Å². The Bertz CT molecular complexity index is 138. The molecule has 0 saturated carbocycles. The molecule has 0 aliphatic carbocycles. The highest BCUT2D eigenvalue weighted by Gasteiger charge is 2.08. The Balaban J connectivity index is 3.93. The number of nitrogens with one attached hydrogen (secondary N) is 1. The molecule has 4 heteroatoms. The lowest BCUT2D eigenvalue weighted by atomic mass is 10.1. The first-order chi connectivity index (χ1) is 5.11. The highest BCUT2D eigenvalue weighted by molar-refractivity contribution is 7.13. The van der Waals surface area contributed by atoms with E-state index in [1.165, 1.54) is 0 Å². The van der Waals surface area contributed by atoms with Crippen molar-refractivity contribution in [2.45, 2.75) is 26.0 Å². The van der Waals surface area contributed by atoms with Crippen molar-refractivity contribution >= 4 is 9.39 Å². The minimum Gasteiger partial charge on any atom is -0.392 e. The minimum absolute atomic E-state index is 0.000632. The molecule has 0 spiro atoms. The molecule has 0 aliphatic heterocycles. The van der Waals surface area contributed by atoms with Crippen LogP contribution < -0.4 is 5.09 Å². The maximum atomic E-state index is 9.36. The Morgan fingerprint density at radius 3 is 2.64 bits per heavy atom. The van der Waals surface area contributed by atoms with Gasteiger partial charge in [-0.15, -0.1) is 0 Å². The molecular formula is C7H16NO2P. The average molecular weight is 177 g/mol. The van der Waals surface area contributed by atoms with Crippen molar-refractivity contribution < 1.29 is 10.2 Å². The van der Waals surface area contributed by atoms with E-state index in [2.05, 4.69) is 14.5 Å². The number of rotatable bonds is 4. The summed E-state index contributed by atoms with van der Waals surface area (Å²) in [4.78, 5) is 0. The van der Waals surface area contributed by atoms with Crippen LogP contribution in [-0.4, -0.2) is 29.0 Å². The van der Waals surface area contributed by atoms with Crippen molar-refractivity contribution in [1.82, 2.24) is 5.09 Å². The van der Waals surface area contributed by atoms with Gasteiger partial charge in [-0.1, -0.05) is 15.5 Å². The predicted molar refractivity (Wildman–Crippen MR) is 49.2 cm³/mol. The molecule has 66 valence electrons. The lowest BCUT2D eigenvalue weighted by Gasteiger charge is -2.14. The van der Waals surface area contributed by atoms with Gasteiger partial charge in [0, 0.05) is 6.04 Å². The topological polar surface area (TPSA) is 52.5 Å².